The predicted octanol–water partition coefficient (Wildman–Crippen LogP) is 1.18. The van der Waals surface area contributed by atoms with Crippen LogP contribution in [0.25, 0.3) is 11.4 Å². The Morgan fingerprint density at radius 2 is 2.04 bits per heavy atom. The Morgan fingerprint density at radius 1 is 1.26 bits per heavy atom. The summed E-state index contributed by atoms with van der Waals surface area (Å²) in [6.45, 7) is 3.95. The van der Waals surface area contributed by atoms with E-state index in [0.29, 0.717) is 13.1 Å². The molecule has 0 saturated carbocycles. The number of rotatable bonds is 5. The number of hydrogen-bond donors (Lipinski definition) is 0. The number of aryl methyl sites for hydroxylation is 1. The van der Waals surface area contributed by atoms with Crippen LogP contribution in [-0.2, 0) is 23.0 Å². The Balaban J connectivity index is 1.83. The van der Waals surface area contributed by atoms with E-state index in [1.807, 2.05) is 17.7 Å². The average molecular weight is 335 g/mol. The molecule has 2 aromatic rings. The molecule has 0 spiro atoms. The van der Waals surface area contributed by atoms with Gasteiger partial charge in [-0.3, -0.25) is 14.6 Å². The molecule has 1 fully saturated rings. The molecule has 3 rings (SSSR count). The minimum Gasteiger partial charge on any atom is -0.264 e. The maximum absolute atomic E-state index is 11.7. The summed E-state index contributed by atoms with van der Waals surface area (Å²) >= 11 is 0. The topological polar surface area (TPSA) is 81.0 Å². The van der Waals surface area contributed by atoms with Crippen LogP contribution in [0.4, 0.5) is 0 Å². The zero-order valence-electron chi connectivity index (χ0n) is 13.4. The Kier molecular flexibility index (Phi) is 4.45. The van der Waals surface area contributed by atoms with Gasteiger partial charge < -0.3 is 0 Å². The SMILES string of the molecule is CCn1nccc1-c1nccnc1C[C@@H]1CCN(S(C)(=O)=O)C1. The van der Waals surface area contributed by atoms with Crippen molar-refractivity contribution in [2.45, 2.75) is 26.3 Å². The van der Waals surface area contributed by atoms with Crippen molar-refractivity contribution in [3.05, 3.63) is 30.4 Å². The molecule has 1 aliphatic heterocycles. The van der Waals surface area contributed by atoms with Crippen LogP contribution >= 0.6 is 0 Å². The Hall–Kier alpha value is -1.80. The Bertz CT molecular complexity index is 787. The van der Waals surface area contributed by atoms with Crippen LogP contribution in [-0.4, -0.2) is 51.8 Å². The lowest BCUT2D eigenvalue weighted by atomic mass is 10.0. The maximum Gasteiger partial charge on any atom is 0.211 e. The molecular formula is C15H21N5O2S. The van der Waals surface area contributed by atoms with E-state index in [2.05, 4.69) is 15.1 Å². The zero-order valence-corrected chi connectivity index (χ0v) is 14.2. The van der Waals surface area contributed by atoms with E-state index in [0.717, 1.165) is 36.5 Å². The molecule has 8 heteroatoms. The van der Waals surface area contributed by atoms with Gasteiger partial charge >= 0.3 is 0 Å². The summed E-state index contributed by atoms with van der Waals surface area (Å²) < 4.78 is 26.7. The lowest BCUT2D eigenvalue weighted by Crippen LogP contribution is -2.27. The van der Waals surface area contributed by atoms with Gasteiger partial charge in [-0.05, 0) is 31.7 Å². The molecule has 0 amide bonds. The minimum absolute atomic E-state index is 0.276. The number of aromatic nitrogens is 4. The van der Waals surface area contributed by atoms with Crippen LogP contribution in [0.1, 0.15) is 19.0 Å². The fourth-order valence-electron chi connectivity index (χ4n) is 3.05. The first-order chi connectivity index (χ1) is 11.0. The van der Waals surface area contributed by atoms with E-state index in [9.17, 15) is 8.42 Å². The highest BCUT2D eigenvalue weighted by molar-refractivity contribution is 7.88. The molecule has 23 heavy (non-hydrogen) atoms. The molecule has 0 bridgehead atoms. The molecule has 0 unspecified atom stereocenters. The van der Waals surface area contributed by atoms with Crippen LogP contribution in [0.2, 0.25) is 0 Å². The number of sulfonamides is 1. The fraction of sp³-hybridized carbons (Fsp3) is 0.533. The molecule has 2 aromatic heterocycles. The van der Waals surface area contributed by atoms with Gasteiger partial charge in [0.05, 0.1) is 17.6 Å². The van der Waals surface area contributed by atoms with Crippen molar-refractivity contribution in [3.8, 4) is 11.4 Å². The largest absolute Gasteiger partial charge is 0.264 e. The molecule has 0 aliphatic carbocycles. The van der Waals surface area contributed by atoms with Crippen LogP contribution in [0.5, 0.6) is 0 Å². The van der Waals surface area contributed by atoms with Gasteiger partial charge in [-0.2, -0.15) is 5.10 Å². The van der Waals surface area contributed by atoms with E-state index in [1.54, 1.807) is 22.9 Å². The highest BCUT2D eigenvalue weighted by atomic mass is 32.2. The molecule has 1 atom stereocenters. The molecule has 0 aromatic carbocycles. The van der Waals surface area contributed by atoms with Crippen molar-refractivity contribution in [3.63, 3.8) is 0 Å². The van der Waals surface area contributed by atoms with Crippen molar-refractivity contribution >= 4 is 10.0 Å². The predicted molar refractivity (Wildman–Crippen MR) is 87.2 cm³/mol. The molecule has 124 valence electrons. The second-order valence-electron chi connectivity index (χ2n) is 5.86. The Labute approximate surface area is 136 Å². The maximum atomic E-state index is 11.7. The first kappa shape index (κ1) is 16.1. The first-order valence-electron chi connectivity index (χ1n) is 7.76. The third-order valence-corrected chi connectivity index (χ3v) is 5.50. The van der Waals surface area contributed by atoms with Gasteiger partial charge in [0.2, 0.25) is 10.0 Å². The van der Waals surface area contributed by atoms with E-state index in [1.165, 1.54) is 6.26 Å². The monoisotopic (exact) mass is 335 g/mol. The summed E-state index contributed by atoms with van der Waals surface area (Å²) in [6, 6.07) is 1.94. The highest BCUT2D eigenvalue weighted by Crippen LogP contribution is 2.26. The summed E-state index contributed by atoms with van der Waals surface area (Å²) in [5, 5.41) is 4.29. The average Bonchev–Trinajstić information content (AvgIpc) is 3.16. The van der Waals surface area contributed by atoms with Gasteiger partial charge in [0.15, 0.2) is 0 Å². The standard InChI is InChI=1S/C15H21N5O2S/c1-3-20-14(4-6-18-20)15-13(16-7-8-17-15)10-12-5-9-19(11-12)23(2,21)22/h4,6-8,12H,3,5,9-11H2,1-2H3/t12-/m0/s1. The summed E-state index contributed by atoms with van der Waals surface area (Å²) in [6.07, 6.45) is 7.99. The van der Waals surface area contributed by atoms with Crippen molar-refractivity contribution in [2.75, 3.05) is 19.3 Å². The minimum atomic E-state index is -3.11. The van der Waals surface area contributed by atoms with Crippen molar-refractivity contribution in [2.24, 2.45) is 5.92 Å². The van der Waals surface area contributed by atoms with Crippen molar-refractivity contribution in [1.82, 2.24) is 24.1 Å². The number of nitrogens with zero attached hydrogens (tertiary/aromatic N) is 5. The lowest BCUT2D eigenvalue weighted by Gasteiger charge is -2.14. The lowest BCUT2D eigenvalue weighted by molar-refractivity contribution is 0.459. The molecule has 1 saturated heterocycles. The van der Waals surface area contributed by atoms with Crippen LogP contribution in [0.15, 0.2) is 24.7 Å². The van der Waals surface area contributed by atoms with E-state index < -0.39 is 10.0 Å². The third-order valence-electron chi connectivity index (χ3n) is 4.23. The van der Waals surface area contributed by atoms with Crippen molar-refractivity contribution < 1.29 is 8.42 Å². The van der Waals surface area contributed by atoms with Gasteiger partial charge in [0.25, 0.3) is 0 Å². The second-order valence-corrected chi connectivity index (χ2v) is 7.85. The molecule has 0 radical (unpaired) electrons. The van der Waals surface area contributed by atoms with Crippen LogP contribution in [0.3, 0.4) is 0 Å². The second kappa shape index (κ2) is 6.37. The zero-order chi connectivity index (χ0) is 16.4. The molecule has 3 heterocycles. The van der Waals surface area contributed by atoms with Gasteiger partial charge in [-0.15, -0.1) is 0 Å². The van der Waals surface area contributed by atoms with E-state index in [-0.39, 0.29) is 5.92 Å². The van der Waals surface area contributed by atoms with Gasteiger partial charge in [0, 0.05) is 38.2 Å². The van der Waals surface area contributed by atoms with Crippen LogP contribution < -0.4 is 0 Å². The fourth-order valence-corrected chi connectivity index (χ4v) is 3.97. The third kappa shape index (κ3) is 3.42. The first-order valence-corrected chi connectivity index (χ1v) is 9.61. The van der Waals surface area contributed by atoms with Crippen LogP contribution in [0, 0.1) is 5.92 Å². The molecule has 1 aliphatic rings. The number of hydrogen-bond acceptors (Lipinski definition) is 5. The van der Waals surface area contributed by atoms with Gasteiger partial charge in [-0.25, -0.2) is 12.7 Å². The summed E-state index contributed by atoms with van der Waals surface area (Å²) in [7, 11) is -3.11. The molecular weight excluding hydrogens is 314 g/mol. The Morgan fingerprint density at radius 3 is 2.74 bits per heavy atom. The summed E-state index contributed by atoms with van der Waals surface area (Å²) in [5.74, 6) is 0.276. The highest BCUT2D eigenvalue weighted by Gasteiger charge is 2.29. The van der Waals surface area contributed by atoms with Crippen molar-refractivity contribution in [1.29, 1.82) is 0 Å². The smallest absolute Gasteiger partial charge is 0.211 e. The van der Waals surface area contributed by atoms with Gasteiger partial charge in [0.1, 0.15) is 5.69 Å². The quantitative estimate of drug-likeness (QED) is 0.820. The summed E-state index contributed by atoms with van der Waals surface area (Å²) in [4.78, 5) is 8.97. The summed E-state index contributed by atoms with van der Waals surface area (Å²) in [5.41, 5.74) is 2.70. The van der Waals surface area contributed by atoms with Gasteiger partial charge in [-0.1, -0.05) is 0 Å². The normalized spacial score (nSPS) is 19.3. The van der Waals surface area contributed by atoms with E-state index >= 15 is 0 Å². The molecule has 0 N–H and O–H groups in total. The van der Waals surface area contributed by atoms with E-state index in [4.69, 9.17) is 0 Å². The molecule has 7 nitrogen and oxygen atoms in total.